The molecule has 0 aromatic rings. The monoisotopic (exact) mass is 459 g/mol. The molecule has 1 aliphatic heterocycles. The zero-order valence-electron chi connectivity index (χ0n) is 22.3. The van der Waals surface area contributed by atoms with Crippen LogP contribution in [0.15, 0.2) is 11.6 Å². The lowest BCUT2D eigenvalue weighted by atomic mass is 9.47. The van der Waals surface area contributed by atoms with Gasteiger partial charge in [-0.1, -0.05) is 46.6 Å². The SMILES string of the molecule is [2H][C@@H](/C=C(\C)CC[C@H]1C(=O)CCC2C(C)(C)CCC[C@@]21C)OC(=O)[C@@]12CC[C@@H](C(=O)O1)C2(C)C. The van der Waals surface area contributed by atoms with Crippen molar-refractivity contribution >= 4 is 17.7 Å². The molecule has 0 aromatic heterocycles. The number of hydrogen-bond donors (Lipinski definition) is 0. The first kappa shape index (κ1) is 23.1. The zero-order chi connectivity index (χ0) is 25.1. The third kappa shape index (κ3) is 3.78. The van der Waals surface area contributed by atoms with Gasteiger partial charge in [-0.3, -0.25) is 9.59 Å². The van der Waals surface area contributed by atoms with E-state index in [1.165, 1.54) is 12.8 Å². The van der Waals surface area contributed by atoms with Crippen LogP contribution in [0.5, 0.6) is 0 Å². The molecule has 5 nitrogen and oxygen atoms in total. The number of esters is 2. The molecule has 184 valence electrons. The summed E-state index contributed by atoms with van der Waals surface area (Å²) in [4.78, 5) is 38.1. The van der Waals surface area contributed by atoms with E-state index in [2.05, 4.69) is 20.8 Å². The third-order valence-corrected chi connectivity index (χ3v) is 10.1. The number of carbonyl (C=O) groups is 3. The molecule has 4 aliphatic rings. The number of allylic oxidation sites excluding steroid dienone is 1. The van der Waals surface area contributed by atoms with Crippen molar-refractivity contribution in [1.82, 2.24) is 0 Å². The van der Waals surface area contributed by atoms with E-state index in [0.29, 0.717) is 37.4 Å². The van der Waals surface area contributed by atoms with Crippen LogP contribution in [-0.4, -0.2) is 29.9 Å². The molecule has 0 spiro atoms. The van der Waals surface area contributed by atoms with E-state index in [-0.39, 0.29) is 28.6 Å². The molecule has 0 aromatic carbocycles. The Kier molecular flexibility index (Phi) is 5.77. The normalized spacial score (nSPS) is 40.6. The summed E-state index contributed by atoms with van der Waals surface area (Å²) in [6, 6.07) is 0. The van der Waals surface area contributed by atoms with E-state index in [1.54, 1.807) is 6.08 Å². The Hall–Kier alpha value is -1.65. The van der Waals surface area contributed by atoms with Crippen LogP contribution in [0.3, 0.4) is 0 Å². The first-order valence-corrected chi connectivity index (χ1v) is 12.8. The van der Waals surface area contributed by atoms with E-state index in [1.807, 2.05) is 20.8 Å². The molecule has 0 amide bonds. The molecular formula is C28H42O5. The lowest BCUT2D eigenvalue weighted by Gasteiger charge is -2.56. The lowest BCUT2D eigenvalue weighted by molar-refractivity contribution is -0.181. The molecule has 4 rings (SSSR count). The van der Waals surface area contributed by atoms with Crippen molar-refractivity contribution in [2.45, 2.75) is 105 Å². The molecule has 0 N–H and O–H groups in total. The van der Waals surface area contributed by atoms with Crippen LogP contribution in [0.25, 0.3) is 0 Å². The van der Waals surface area contributed by atoms with Crippen molar-refractivity contribution < 1.29 is 25.2 Å². The predicted molar refractivity (Wildman–Crippen MR) is 126 cm³/mol. The third-order valence-electron chi connectivity index (χ3n) is 10.1. The summed E-state index contributed by atoms with van der Waals surface area (Å²) in [7, 11) is 0. The number of fused-ring (bicyclic) bond motifs is 3. The minimum atomic E-state index is -1.28. The Morgan fingerprint density at radius 2 is 1.88 bits per heavy atom. The average molecular weight is 460 g/mol. The summed E-state index contributed by atoms with van der Waals surface area (Å²) >= 11 is 0. The molecule has 33 heavy (non-hydrogen) atoms. The molecule has 1 heterocycles. The highest BCUT2D eigenvalue weighted by atomic mass is 16.6. The van der Waals surface area contributed by atoms with Gasteiger partial charge in [0.15, 0.2) is 0 Å². The van der Waals surface area contributed by atoms with Crippen LogP contribution < -0.4 is 0 Å². The topological polar surface area (TPSA) is 69.7 Å². The molecule has 3 saturated carbocycles. The number of ether oxygens (including phenoxy) is 2. The molecule has 2 bridgehead atoms. The van der Waals surface area contributed by atoms with Crippen LogP contribution in [0.1, 0.15) is 101 Å². The summed E-state index contributed by atoms with van der Waals surface area (Å²) in [5.41, 5.74) is -0.637. The van der Waals surface area contributed by atoms with Gasteiger partial charge < -0.3 is 9.47 Å². The van der Waals surface area contributed by atoms with Gasteiger partial charge in [0.1, 0.15) is 12.4 Å². The summed E-state index contributed by atoms with van der Waals surface area (Å²) < 4.78 is 19.3. The number of ketones is 1. The van der Waals surface area contributed by atoms with Crippen molar-refractivity contribution in [3.05, 3.63) is 11.6 Å². The second-order valence-corrected chi connectivity index (χ2v) is 12.6. The van der Waals surface area contributed by atoms with Gasteiger partial charge in [-0.25, -0.2) is 4.79 Å². The van der Waals surface area contributed by atoms with Gasteiger partial charge >= 0.3 is 11.9 Å². The summed E-state index contributed by atoms with van der Waals surface area (Å²) in [5, 5.41) is 0. The molecule has 3 aliphatic carbocycles. The van der Waals surface area contributed by atoms with Gasteiger partial charge in [-0.15, -0.1) is 0 Å². The first-order valence-electron chi connectivity index (χ1n) is 13.4. The second kappa shape index (κ2) is 8.23. The Bertz CT molecular complexity index is 904. The molecule has 6 atom stereocenters. The highest BCUT2D eigenvalue weighted by Gasteiger charge is 2.70. The van der Waals surface area contributed by atoms with Crippen molar-refractivity contribution in [3.8, 4) is 0 Å². The maximum absolute atomic E-state index is 13.0. The minimum Gasteiger partial charge on any atom is -0.458 e. The van der Waals surface area contributed by atoms with Crippen LogP contribution in [0.2, 0.25) is 0 Å². The van der Waals surface area contributed by atoms with Gasteiger partial charge in [0.2, 0.25) is 5.60 Å². The van der Waals surface area contributed by atoms with Crippen LogP contribution >= 0.6 is 0 Å². The molecule has 4 fully saturated rings. The molecule has 1 saturated heterocycles. The van der Waals surface area contributed by atoms with Gasteiger partial charge in [0, 0.05) is 17.8 Å². The molecule has 1 unspecified atom stereocenters. The predicted octanol–water partition coefficient (Wildman–Crippen LogP) is 5.80. The second-order valence-electron chi connectivity index (χ2n) is 12.6. The number of hydrogen-bond acceptors (Lipinski definition) is 5. The first-order chi connectivity index (χ1) is 15.7. The fourth-order valence-electron chi connectivity index (χ4n) is 7.94. The summed E-state index contributed by atoms with van der Waals surface area (Å²) in [6.45, 7) is 11.6. The van der Waals surface area contributed by atoms with E-state index in [0.717, 1.165) is 24.8 Å². The fourth-order valence-corrected chi connectivity index (χ4v) is 7.94. The van der Waals surface area contributed by atoms with Crippen LogP contribution in [0, 0.1) is 34.0 Å². The quantitative estimate of drug-likeness (QED) is 0.371. The minimum absolute atomic E-state index is 0.0420. The smallest absolute Gasteiger partial charge is 0.351 e. The van der Waals surface area contributed by atoms with E-state index < -0.39 is 23.6 Å². The maximum atomic E-state index is 13.0. The molecule has 0 radical (unpaired) electrons. The number of rotatable bonds is 6. The lowest BCUT2D eigenvalue weighted by Crippen LogP contribution is -2.51. The van der Waals surface area contributed by atoms with Gasteiger partial charge in [0.05, 0.1) is 7.29 Å². The van der Waals surface area contributed by atoms with E-state index in [4.69, 9.17) is 10.8 Å². The van der Waals surface area contributed by atoms with Crippen molar-refractivity contribution in [1.29, 1.82) is 0 Å². The molecular weight excluding hydrogens is 416 g/mol. The maximum Gasteiger partial charge on any atom is 0.351 e. The standard InChI is InChI=1S/C28H42O5/c1-18(13-17-32-24(31)28-16-12-20(23(30)33-28)26(28,4)5)8-9-19-21(29)10-11-22-25(2,3)14-7-15-27(19,22)6/h13,19-20,22H,7-12,14-17H2,1-6H3/b18-13+/t19-,20-,22?,27+,28+/m0/s1/i17D/t17-,19-,20-,22?,27+,28+. The Morgan fingerprint density at radius 3 is 2.52 bits per heavy atom. The van der Waals surface area contributed by atoms with Gasteiger partial charge in [-0.2, -0.15) is 0 Å². The largest absolute Gasteiger partial charge is 0.458 e. The number of Topliss-reactive ketones (excluding diaryl/α,β-unsaturated/α-hetero) is 1. The highest BCUT2D eigenvalue weighted by molar-refractivity contribution is 5.91. The number of carbonyl (C=O) groups excluding carboxylic acids is 3. The van der Waals surface area contributed by atoms with Gasteiger partial charge in [-0.05, 0) is 74.7 Å². The van der Waals surface area contributed by atoms with E-state index >= 15 is 0 Å². The van der Waals surface area contributed by atoms with Gasteiger partial charge in [0.25, 0.3) is 0 Å². The van der Waals surface area contributed by atoms with Crippen molar-refractivity contribution in [2.24, 2.45) is 34.0 Å². The summed E-state index contributed by atoms with van der Waals surface area (Å²) in [5.74, 6) is -0.234. The van der Waals surface area contributed by atoms with Crippen molar-refractivity contribution in [3.63, 3.8) is 0 Å². The van der Waals surface area contributed by atoms with E-state index in [9.17, 15) is 14.4 Å². The fraction of sp³-hybridized carbons (Fsp3) is 0.821. The highest BCUT2D eigenvalue weighted by Crippen LogP contribution is 2.60. The Balaban J connectivity index is 1.39. The molecule has 5 heteroatoms. The van der Waals surface area contributed by atoms with Crippen LogP contribution in [-0.2, 0) is 23.9 Å². The van der Waals surface area contributed by atoms with Crippen molar-refractivity contribution in [2.75, 3.05) is 6.58 Å². The summed E-state index contributed by atoms with van der Waals surface area (Å²) in [6.07, 6.45) is 9.39. The Morgan fingerprint density at radius 1 is 1.15 bits per heavy atom. The average Bonchev–Trinajstić information content (AvgIpc) is 3.08. The zero-order valence-corrected chi connectivity index (χ0v) is 21.3. The Labute approximate surface area is 200 Å². The van der Waals surface area contributed by atoms with Crippen LogP contribution in [0.4, 0.5) is 0 Å².